The summed E-state index contributed by atoms with van der Waals surface area (Å²) < 4.78 is 15.4. The molecular formula is C20H26N4O4. The molecule has 2 aliphatic heterocycles. The number of benzene rings is 1. The first-order valence-electron chi connectivity index (χ1n) is 9.70. The molecule has 1 amide bonds. The number of nitrogens with one attached hydrogen (secondary N) is 1. The first kappa shape index (κ1) is 18.9. The van der Waals surface area contributed by atoms with Crippen LogP contribution in [-0.4, -0.2) is 72.9 Å². The Morgan fingerprint density at radius 3 is 2.61 bits per heavy atom. The lowest BCUT2D eigenvalue weighted by Gasteiger charge is -2.42. The normalized spacial score (nSPS) is 18.6. The van der Waals surface area contributed by atoms with Gasteiger partial charge < -0.3 is 18.8 Å². The molecule has 2 aliphatic rings. The zero-order valence-electron chi connectivity index (χ0n) is 15.9. The number of aromatic nitrogens is 1. The third-order valence-electron chi connectivity index (χ3n) is 5.29. The molecular weight excluding hydrogens is 360 g/mol. The number of carbonyl (C=O) groups excluding carboxylic acids is 1. The van der Waals surface area contributed by atoms with Crippen molar-refractivity contribution < 1.29 is 18.7 Å². The van der Waals surface area contributed by atoms with Gasteiger partial charge in [0.1, 0.15) is 0 Å². The second-order valence-electron chi connectivity index (χ2n) is 7.18. The Morgan fingerprint density at radius 2 is 1.96 bits per heavy atom. The van der Waals surface area contributed by atoms with Crippen LogP contribution in [0.25, 0.3) is 0 Å². The highest BCUT2D eigenvalue weighted by molar-refractivity contribution is 5.84. The van der Waals surface area contributed by atoms with Crippen LogP contribution in [0.4, 0.5) is 10.5 Å². The summed E-state index contributed by atoms with van der Waals surface area (Å²) in [6, 6.07) is 8.55. The number of amides is 1. The van der Waals surface area contributed by atoms with Crippen LogP contribution in [0.2, 0.25) is 0 Å². The first-order valence-corrected chi connectivity index (χ1v) is 9.70. The Balaban J connectivity index is 1.16. The van der Waals surface area contributed by atoms with E-state index in [1.54, 1.807) is 0 Å². The predicted molar refractivity (Wildman–Crippen MR) is 103 cm³/mol. The quantitative estimate of drug-likeness (QED) is 0.779. The first-order chi connectivity index (χ1) is 13.8. The zero-order valence-corrected chi connectivity index (χ0v) is 15.9. The molecule has 8 nitrogen and oxygen atoms in total. The summed E-state index contributed by atoms with van der Waals surface area (Å²) in [6.45, 7) is 7.41. The van der Waals surface area contributed by atoms with Crippen molar-refractivity contribution in [1.82, 2.24) is 14.8 Å². The second-order valence-corrected chi connectivity index (χ2v) is 7.18. The fourth-order valence-electron chi connectivity index (χ4n) is 3.43. The molecule has 0 radical (unpaired) electrons. The van der Waals surface area contributed by atoms with Crippen LogP contribution in [0.3, 0.4) is 0 Å². The van der Waals surface area contributed by atoms with Crippen LogP contribution >= 0.6 is 0 Å². The van der Waals surface area contributed by atoms with E-state index in [1.807, 2.05) is 24.3 Å². The van der Waals surface area contributed by atoms with Crippen LogP contribution < -0.4 is 5.32 Å². The third-order valence-corrected chi connectivity index (χ3v) is 5.29. The van der Waals surface area contributed by atoms with Crippen LogP contribution in [-0.2, 0) is 22.5 Å². The topological polar surface area (TPSA) is 80.1 Å². The Kier molecular flexibility index (Phi) is 6.20. The van der Waals surface area contributed by atoms with Crippen molar-refractivity contribution in [3.05, 3.63) is 48.2 Å². The molecule has 0 atom stereocenters. The molecule has 28 heavy (non-hydrogen) atoms. The molecule has 3 heterocycles. The number of piperazine rings is 1. The Bertz CT molecular complexity index is 738. The second kappa shape index (κ2) is 9.18. The molecule has 0 spiro atoms. The van der Waals surface area contributed by atoms with E-state index in [-0.39, 0.29) is 6.61 Å². The van der Waals surface area contributed by atoms with Gasteiger partial charge in [0.2, 0.25) is 0 Å². The van der Waals surface area contributed by atoms with Crippen molar-refractivity contribution in [3.63, 3.8) is 0 Å². The number of oxazole rings is 1. The van der Waals surface area contributed by atoms with Gasteiger partial charge in [-0.25, -0.2) is 9.78 Å². The molecule has 1 N–H and O–H groups in total. The molecule has 0 aliphatic carbocycles. The van der Waals surface area contributed by atoms with Gasteiger partial charge in [0.25, 0.3) is 0 Å². The van der Waals surface area contributed by atoms with E-state index in [1.165, 1.54) is 18.2 Å². The lowest BCUT2D eigenvalue weighted by Crippen LogP contribution is -2.56. The van der Waals surface area contributed by atoms with Gasteiger partial charge in [-0.1, -0.05) is 12.1 Å². The Morgan fingerprint density at radius 1 is 1.18 bits per heavy atom. The smallest absolute Gasteiger partial charge is 0.412 e. The highest BCUT2D eigenvalue weighted by Gasteiger charge is 2.28. The number of rotatable bonds is 7. The van der Waals surface area contributed by atoms with E-state index >= 15 is 0 Å². The van der Waals surface area contributed by atoms with Crippen molar-refractivity contribution in [2.75, 3.05) is 51.3 Å². The van der Waals surface area contributed by atoms with E-state index in [0.717, 1.165) is 52.4 Å². The minimum Gasteiger partial charge on any atom is -0.445 e. The van der Waals surface area contributed by atoms with Crippen LogP contribution in [0, 0.1) is 0 Å². The summed E-state index contributed by atoms with van der Waals surface area (Å²) in [7, 11) is 0. The van der Waals surface area contributed by atoms with E-state index in [4.69, 9.17) is 13.9 Å². The number of carbonyl (C=O) groups is 1. The van der Waals surface area contributed by atoms with Gasteiger partial charge in [-0.3, -0.25) is 10.2 Å². The Hall–Kier alpha value is -2.42. The van der Waals surface area contributed by atoms with Crippen molar-refractivity contribution in [2.24, 2.45) is 0 Å². The van der Waals surface area contributed by atoms with Crippen molar-refractivity contribution in [3.8, 4) is 0 Å². The maximum atomic E-state index is 11.8. The molecule has 1 aromatic heterocycles. The molecule has 2 aromatic rings. The minimum atomic E-state index is -0.515. The van der Waals surface area contributed by atoms with E-state index < -0.39 is 6.09 Å². The van der Waals surface area contributed by atoms with E-state index in [0.29, 0.717) is 17.5 Å². The van der Waals surface area contributed by atoms with Gasteiger partial charge in [-0.05, 0) is 24.1 Å². The maximum absolute atomic E-state index is 11.8. The largest absolute Gasteiger partial charge is 0.445 e. The fraction of sp³-hybridized carbons (Fsp3) is 0.500. The van der Waals surface area contributed by atoms with Crippen LogP contribution in [0.5, 0.6) is 0 Å². The summed E-state index contributed by atoms with van der Waals surface area (Å²) in [5.41, 5.74) is 1.97. The molecule has 1 aromatic carbocycles. The molecule has 150 valence electrons. The average Bonchev–Trinajstić information content (AvgIpc) is 3.19. The average molecular weight is 386 g/mol. The number of anilines is 1. The summed E-state index contributed by atoms with van der Waals surface area (Å²) in [5, 5.41) is 2.71. The van der Waals surface area contributed by atoms with Crippen LogP contribution in [0.1, 0.15) is 11.3 Å². The number of nitrogens with zero attached hydrogens (tertiary/aromatic N) is 3. The van der Waals surface area contributed by atoms with Crippen LogP contribution in [0.15, 0.2) is 41.3 Å². The molecule has 2 fully saturated rings. The monoisotopic (exact) mass is 386 g/mol. The van der Waals surface area contributed by atoms with Gasteiger partial charge in [0, 0.05) is 38.4 Å². The van der Waals surface area contributed by atoms with E-state index in [9.17, 15) is 4.79 Å². The summed E-state index contributed by atoms with van der Waals surface area (Å²) in [4.78, 5) is 20.6. The lowest BCUT2D eigenvalue weighted by molar-refractivity contribution is -0.0767. The molecule has 8 heteroatoms. The van der Waals surface area contributed by atoms with Gasteiger partial charge in [-0.2, -0.15) is 0 Å². The number of hydrogen-bond donors (Lipinski definition) is 1. The summed E-state index contributed by atoms with van der Waals surface area (Å²) in [5.74, 6) is 0.507. The minimum absolute atomic E-state index is 0.0605. The van der Waals surface area contributed by atoms with E-state index in [2.05, 4.69) is 20.1 Å². The van der Waals surface area contributed by atoms with Gasteiger partial charge in [0.05, 0.1) is 25.5 Å². The third kappa shape index (κ3) is 5.09. The van der Waals surface area contributed by atoms with Gasteiger partial charge in [0.15, 0.2) is 18.8 Å². The maximum Gasteiger partial charge on any atom is 0.412 e. The van der Waals surface area contributed by atoms with Crippen molar-refractivity contribution in [2.45, 2.75) is 19.1 Å². The summed E-state index contributed by atoms with van der Waals surface area (Å²) in [6.07, 6.45) is 3.31. The van der Waals surface area contributed by atoms with Gasteiger partial charge in [-0.15, -0.1) is 0 Å². The molecule has 0 bridgehead atoms. The molecule has 0 saturated carbocycles. The standard InChI is InChI=1S/C20H26N4O4/c25-20(27-14-19-11-21-15-28-19)22-17-3-1-16(2-4-17)5-6-23-7-9-24(10-8-23)18-12-26-13-18/h1-4,11,15,18H,5-10,12-14H2,(H,22,25). The summed E-state index contributed by atoms with van der Waals surface area (Å²) >= 11 is 0. The van der Waals surface area contributed by atoms with Crippen molar-refractivity contribution >= 4 is 11.8 Å². The molecule has 2 saturated heterocycles. The SMILES string of the molecule is O=C(Nc1ccc(CCN2CCN(C3COC3)CC2)cc1)OCc1cnco1. The zero-order chi connectivity index (χ0) is 19.2. The molecule has 0 unspecified atom stereocenters. The lowest BCUT2D eigenvalue weighted by atomic mass is 10.1. The number of ether oxygens (including phenoxy) is 2. The highest BCUT2D eigenvalue weighted by atomic mass is 16.6. The highest BCUT2D eigenvalue weighted by Crippen LogP contribution is 2.15. The molecule has 4 rings (SSSR count). The fourth-order valence-corrected chi connectivity index (χ4v) is 3.43. The van der Waals surface area contributed by atoms with Gasteiger partial charge >= 0.3 is 6.09 Å². The Labute approximate surface area is 164 Å². The number of hydrogen-bond acceptors (Lipinski definition) is 7. The predicted octanol–water partition coefficient (Wildman–Crippen LogP) is 1.98. The van der Waals surface area contributed by atoms with Crippen molar-refractivity contribution in [1.29, 1.82) is 0 Å².